The number of nitrogens with two attached hydrogens (primary N) is 1. The second kappa shape index (κ2) is 23.2. The lowest BCUT2D eigenvalue weighted by atomic mass is 10.0. The van der Waals surface area contributed by atoms with Gasteiger partial charge in [-0.2, -0.15) is 15.0 Å². The van der Waals surface area contributed by atoms with Crippen LogP contribution in [0.5, 0.6) is 0 Å². The van der Waals surface area contributed by atoms with Crippen molar-refractivity contribution in [2.24, 2.45) is 0 Å². The Balaban J connectivity index is 1.33. The van der Waals surface area contributed by atoms with Gasteiger partial charge in [0.05, 0.1) is 0 Å². The molecule has 45 heavy (non-hydrogen) atoms. The number of nitrogens with zero attached hydrogens (tertiary/aromatic N) is 3. The van der Waals surface area contributed by atoms with E-state index < -0.39 is 0 Å². The van der Waals surface area contributed by atoms with Gasteiger partial charge in [-0.05, 0) is 61.1 Å². The average molecular weight is 615 g/mol. The van der Waals surface area contributed by atoms with E-state index in [9.17, 15) is 0 Å². The number of aryl methyl sites for hydroxylation is 2. The highest BCUT2D eigenvalue weighted by molar-refractivity contribution is 5.59. The quantitative estimate of drug-likeness (QED) is 0.0779. The average Bonchev–Trinajstić information content (AvgIpc) is 3.04. The van der Waals surface area contributed by atoms with Gasteiger partial charge in [0.15, 0.2) is 0 Å². The molecule has 1 aromatic heterocycles. The summed E-state index contributed by atoms with van der Waals surface area (Å²) in [5, 5.41) is 6.57. The van der Waals surface area contributed by atoms with Gasteiger partial charge in [0.2, 0.25) is 17.8 Å². The van der Waals surface area contributed by atoms with Crippen molar-refractivity contribution in [2.45, 2.75) is 155 Å². The highest BCUT2D eigenvalue weighted by Gasteiger charge is 2.07. The Labute approximate surface area is 274 Å². The summed E-state index contributed by atoms with van der Waals surface area (Å²) < 4.78 is 0. The Bertz CT molecular complexity index is 1060. The molecule has 6 nitrogen and oxygen atoms in total. The summed E-state index contributed by atoms with van der Waals surface area (Å²) in [4.78, 5) is 13.1. The first kappa shape index (κ1) is 36.3. The topological polar surface area (TPSA) is 88.8 Å². The third-order valence-electron chi connectivity index (χ3n) is 8.71. The zero-order chi connectivity index (χ0) is 31.8. The standard InChI is InChI=1S/C39H62N6/c1-3-5-7-9-11-13-15-17-19-21-23-33-25-29-35(30-26-33)41-38-43-37(40)44-39(45-38)42-36-31-27-34(28-32-36)24-22-20-18-16-14-12-10-8-6-4-2/h25-32H,3-24H2,1-2H3,(H4,40,41,42,43,44,45). The highest BCUT2D eigenvalue weighted by atomic mass is 15.2. The van der Waals surface area contributed by atoms with Crippen LogP contribution in [0.4, 0.5) is 29.2 Å². The van der Waals surface area contributed by atoms with Crippen LogP contribution in [0.25, 0.3) is 0 Å². The van der Waals surface area contributed by atoms with Gasteiger partial charge in [-0.25, -0.2) is 0 Å². The summed E-state index contributed by atoms with van der Waals surface area (Å²) in [7, 11) is 0. The van der Waals surface area contributed by atoms with Crippen molar-refractivity contribution < 1.29 is 0 Å². The summed E-state index contributed by atoms with van der Waals surface area (Å²) >= 11 is 0. The molecule has 3 aromatic rings. The molecule has 0 aliphatic rings. The lowest BCUT2D eigenvalue weighted by Crippen LogP contribution is -2.07. The summed E-state index contributed by atoms with van der Waals surface area (Å²) in [5.41, 5.74) is 10.6. The van der Waals surface area contributed by atoms with Gasteiger partial charge in [0, 0.05) is 11.4 Å². The fourth-order valence-electron chi connectivity index (χ4n) is 5.90. The fourth-order valence-corrected chi connectivity index (χ4v) is 5.90. The number of rotatable bonds is 26. The second-order valence-corrected chi connectivity index (χ2v) is 12.8. The molecule has 0 spiro atoms. The minimum atomic E-state index is 0.185. The Hall–Kier alpha value is -3.15. The molecule has 0 unspecified atom stereocenters. The van der Waals surface area contributed by atoms with Gasteiger partial charge in [-0.15, -0.1) is 0 Å². The summed E-state index contributed by atoms with van der Waals surface area (Å²) in [5.74, 6) is 1.06. The molecular formula is C39H62N6. The number of aromatic nitrogens is 3. The van der Waals surface area contributed by atoms with E-state index in [1.807, 2.05) is 0 Å². The summed E-state index contributed by atoms with van der Waals surface area (Å²) in [6.45, 7) is 4.56. The van der Waals surface area contributed by atoms with Crippen molar-refractivity contribution in [1.82, 2.24) is 15.0 Å². The maximum Gasteiger partial charge on any atom is 0.233 e. The molecule has 0 bridgehead atoms. The zero-order valence-electron chi connectivity index (χ0n) is 28.6. The highest BCUT2D eigenvalue weighted by Crippen LogP contribution is 2.21. The van der Waals surface area contributed by atoms with Crippen molar-refractivity contribution in [2.75, 3.05) is 16.4 Å². The number of nitrogens with one attached hydrogen (secondary N) is 2. The predicted molar refractivity (Wildman–Crippen MR) is 195 cm³/mol. The lowest BCUT2D eigenvalue weighted by molar-refractivity contribution is 0.556. The minimum absolute atomic E-state index is 0.185. The van der Waals surface area contributed by atoms with E-state index in [0.717, 1.165) is 24.2 Å². The van der Waals surface area contributed by atoms with Crippen molar-refractivity contribution in [3.63, 3.8) is 0 Å². The van der Waals surface area contributed by atoms with Gasteiger partial charge >= 0.3 is 0 Å². The Morgan fingerprint density at radius 1 is 0.422 bits per heavy atom. The monoisotopic (exact) mass is 615 g/mol. The first-order chi connectivity index (χ1) is 22.2. The number of anilines is 5. The molecule has 0 saturated carbocycles. The molecule has 248 valence electrons. The van der Waals surface area contributed by atoms with Crippen molar-refractivity contribution in [3.05, 3.63) is 59.7 Å². The number of hydrogen-bond acceptors (Lipinski definition) is 6. The smallest absolute Gasteiger partial charge is 0.233 e. The van der Waals surface area contributed by atoms with Crippen molar-refractivity contribution in [3.8, 4) is 0 Å². The molecular weight excluding hydrogens is 552 g/mol. The molecule has 6 heteroatoms. The molecule has 1 heterocycles. The van der Waals surface area contributed by atoms with E-state index in [1.54, 1.807) is 0 Å². The number of unbranched alkanes of at least 4 members (excludes halogenated alkanes) is 18. The maximum atomic E-state index is 6.02. The van der Waals surface area contributed by atoms with E-state index in [-0.39, 0.29) is 5.95 Å². The molecule has 0 atom stereocenters. The van der Waals surface area contributed by atoms with Gasteiger partial charge in [-0.1, -0.05) is 154 Å². The van der Waals surface area contributed by atoms with Crippen LogP contribution in [0.15, 0.2) is 48.5 Å². The van der Waals surface area contributed by atoms with Crippen LogP contribution in [0.2, 0.25) is 0 Å². The Morgan fingerprint density at radius 2 is 0.733 bits per heavy atom. The lowest BCUT2D eigenvalue weighted by Gasteiger charge is -2.10. The van der Waals surface area contributed by atoms with Crippen LogP contribution in [0, 0.1) is 0 Å². The minimum Gasteiger partial charge on any atom is -0.368 e. The first-order valence-electron chi connectivity index (χ1n) is 18.4. The fraction of sp³-hybridized carbons (Fsp3) is 0.615. The Kier molecular flexibility index (Phi) is 18.7. The van der Waals surface area contributed by atoms with Crippen LogP contribution < -0.4 is 16.4 Å². The molecule has 3 rings (SSSR count). The van der Waals surface area contributed by atoms with Gasteiger partial charge in [0.1, 0.15) is 0 Å². The number of hydrogen-bond donors (Lipinski definition) is 3. The molecule has 0 amide bonds. The van der Waals surface area contributed by atoms with Crippen LogP contribution >= 0.6 is 0 Å². The zero-order valence-corrected chi connectivity index (χ0v) is 28.6. The molecule has 0 saturated heterocycles. The van der Waals surface area contributed by atoms with Gasteiger partial charge in [-0.3, -0.25) is 0 Å². The first-order valence-corrected chi connectivity index (χ1v) is 18.4. The molecule has 0 fully saturated rings. The summed E-state index contributed by atoms with van der Waals surface area (Å²) in [6, 6.07) is 17.1. The molecule has 0 aliphatic heterocycles. The van der Waals surface area contributed by atoms with Crippen LogP contribution in [0.3, 0.4) is 0 Å². The third kappa shape index (κ3) is 16.7. The van der Waals surface area contributed by atoms with Gasteiger partial charge in [0.25, 0.3) is 0 Å². The molecule has 2 aromatic carbocycles. The maximum absolute atomic E-state index is 6.02. The molecule has 0 aliphatic carbocycles. The largest absolute Gasteiger partial charge is 0.368 e. The number of nitrogen functional groups attached to an aromatic ring is 1. The third-order valence-corrected chi connectivity index (χ3v) is 8.71. The van der Waals surface area contributed by atoms with E-state index in [2.05, 4.69) is 88.0 Å². The van der Waals surface area contributed by atoms with Gasteiger partial charge < -0.3 is 16.4 Å². The number of benzene rings is 2. The van der Waals surface area contributed by atoms with Crippen molar-refractivity contribution in [1.29, 1.82) is 0 Å². The molecule has 4 N–H and O–H groups in total. The van der Waals surface area contributed by atoms with Crippen molar-refractivity contribution >= 4 is 29.2 Å². The van der Waals surface area contributed by atoms with E-state index >= 15 is 0 Å². The van der Waals surface area contributed by atoms with E-state index in [0.29, 0.717) is 11.9 Å². The predicted octanol–water partition coefficient (Wildman–Crippen LogP) is 11.9. The second-order valence-electron chi connectivity index (χ2n) is 12.8. The normalized spacial score (nSPS) is 11.2. The SMILES string of the molecule is CCCCCCCCCCCCc1ccc(Nc2nc(N)nc(Nc3ccc(CCCCCCCCCCCC)cc3)n2)cc1. The summed E-state index contributed by atoms with van der Waals surface area (Å²) in [6.07, 6.45) is 29.6. The van der Waals surface area contributed by atoms with Crippen LogP contribution in [0.1, 0.15) is 153 Å². The van der Waals surface area contributed by atoms with E-state index in [4.69, 9.17) is 5.73 Å². The Morgan fingerprint density at radius 3 is 1.07 bits per heavy atom. The molecule has 0 radical (unpaired) electrons. The van der Waals surface area contributed by atoms with E-state index in [1.165, 1.54) is 140 Å². The van der Waals surface area contributed by atoms with Crippen LogP contribution in [-0.4, -0.2) is 15.0 Å². The van der Waals surface area contributed by atoms with Crippen LogP contribution in [-0.2, 0) is 12.8 Å².